The van der Waals surface area contributed by atoms with Crippen molar-refractivity contribution in [1.82, 2.24) is 15.2 Å². The van der Waals surface area contributed by atoms with Crippen LogP contribution in [0.1, 0.15) is 0 Å². The summed E-state index contributed by atoms with van der Waals surface area (Å²) in [5.74, 6) is -0.0143. The Morgan fingerprint density at radius 3 is 2.89 bits per heavy atom. The number of H-pyrrole nitrogens is 1. The van der Waals surface area contributed by atoms with Crippen LogP contribution in [0, 0.1) is 0 Å². The molecule has 0 saturated carbocycles. The maximum atomic E-state index is 12.1. The Balaban J connectivity index is 1.96. The van der Waals surface area contributed by atoms with Gasteiger partial charge < -0.3 is 5.11 Å². The van der Waals surface area contributed by atoms with Gasteiger partial charge >= 0.3 is 6.18 Å². The van der Waals surface area contributed by atoms with Crippen LogP contribution in [0.4, 0.5) is 13.2 Å². The average molecular weight is 295 g/mol. The van der Waals surface area contributed by atoms with Crippen molar-refractivity contribution in [2.75, 3.05) is 5.75 Å². The zero-order chi connectivity index (χ0) is 13.2. The largest absolute Gasteiger partial charge is 0.415 e. The van der Waals surface area contributed by atoms with Crippen LogP contribution < -0.4 is 0 Å². The number of thiophene rings is 1. The molecule has 18 heavy (non-hydrogen) atoms. The first-order chi connectivity index (χ1) is 8.47. The first-order valence-electron chi connectivity index (χ1n) is 4.80. The first kappa shape index (κ1) is 13.4. The lowest BCUT2D eigenvalue weighted by molar-refractivity contribution is -0.195. The van der Waals surface area contributed by atoms with E-state index in [2.05, 4.69) is 15.2 Å². The third-order valence-electron chi connectivity index (χ3n) is 1.97. The van der Waals surface area contributed by atoms with Crippen LogP contribution in [0.3, 0.4) is 0 Å². The van der Waals surface area contributed by atoms with Crippen molar-refractivity contribution in [2.45, 2.75) is 17.4 Å². The molecule has 9 heteroatoms. The van der Waals surface area contributed by atoms with E-state index in [-0.39, 0.29) is 5.16 Å². The summed E-state index contributed by atoms with van der Waals surface area (Å²) in [5, 5.41) is 17.3. The SMILES string of the molecule is O[C@@H](CSc1n[nH]c(-c2cccs2)n1)C(F)(F)F. The van der Waals surface area contributed by atoms with Gasteiger partial charge in [-0.15, -0.1) is 16.4 Å². The van der Waals surface area contributed by atoms with Crippen LogP contribution in [0.15, 0.2) is 22.7 Å². The van der Waals surface area contributed by atoms with Crippen LogP contribution in [0.5, 0.6) is 0 Å². The molecule has 0 amide bonds. The predicted octanol–water partition coefficient (Wildman–Crippen LogP) is 2.55. The van der Waals surface area contributed by atoms with E-state index in [1.54, 1.807) is 0 Å². The van der Waals surface area contributed by atoms with Gasteiger partial charge in [0, 0.05) is 5.75 Å². The van der Waals surface area contributed by atoms with Crippen LogP contribution in [-0.2, 0) is 0 Å². The van der Waals surface area contributed by atoms with Crippen molar-refractivity contribution in [2.24, 2.45) is 0 Å². The fraction of sp³-hybridized carbons (Fsp3) is 0.333. The zero-order valence-corrected chi connectivity index (χ0v) is 10.4. The maximum absolute atomic E-state index is 12.1. The number of nitrogens with one attached hydrogen (secondary N) is 1. The summed E-state index contributed by atoms with van der Waals surface area (Å²) in [6, 6.07) is 3.66. The molecule has 0 unspecified atom stereocenters. The summed E-state index contributed by atoms with van der Waals surface area (Å²) >= 11 is 2.20. The van der Waals surface area contributed by atoms with E-state index in [1.165, 1.54) is 11.3 Å². The molecule has 0 aliphatic rings. The van der Waals surface area contributed by atoms with E-state index in [4.69, 9.17) is 5.11 Å². The lowest BCUT2D eigenvalue weighted by Gasteiger charge is -2.12. The first-order valence-corrected chi connectivity index (χ1v) is 6.67. The molecule has 0 saturated heterocycles. The standard InChI is InChI=1S/C9H8F3N3OS2/c10-9(11,12)6(16)4-18-8-13-7(14-15-8)5-2-1-3-17-5/h1-3,6,16H,4H2,(H,13,14,15)/t6-/m0/s1. The normalized spacial score (nSPS) is 13.8. The number of halogens is 3. The lowest BCUT2D eigenvalue weighted by Crippen LogP contribution is -2.30. The molecule has 2 N–H and O–H groups in total. The highest BCUT2D eigenvalue weighted by molar-refractivity contribution is 7.99. The second kappa shape index (κ2) is 5.29. The molecule has 4 nitrogen and oxygen atoms in total. The van der Waals surface area contributed by atoms with Gasteiger partial charge in [0.25, 0.3) is 0 Å². The van der Waals surface area contributed by atoms with E-state index in [1.807, 2.05) is 17.5 Å². The Hall–Kier alpha value is -1.06. The molecule has 0 aromatic carbocycles. The summed E-state index contributed by atoms with van der Waals surface area (Å²) in [6.45, 7) is 0. The number of rotatable bonds is 4. The molecule has 2 aromatic heterocycles. The van der Waals surface area contributed by atoms with Crippen LogP contribution in [-0.4, -0.2) is 38.3 Å². The van der Waals surface area contributed by atoms with Crippen molar-refractivity contribution in [1.29, 1.82) is 0 Å². The number of hydrogen-bond donors (Lipinski definition) is 2. The minimum atomic E-state index is -4.61. The van der Waals surface area contributed by atoms with Gasteiger partial charge in [0.2, 0.25) is 5.16 Å². The van der Waals surface area contributed by atoms with Gasteiger partial charge in [-0.3, -0.25) is 5.10 Å². The van der Waals surface area contributed by atoms with E-state index in [0.29, 0.717) is 5.82 Å². The highest BCUT2D eigenvalue weighted by Gasteiger charge is 2.38. The highest BCUT2D eigenvalue weighted by Crippen LogP contribution is 2.27. The topological polar surface area (TPSA) is 61.8 Å². The van der Waals surface area contributed by atoms with Crippen molar-refractivity contribution >= 4 is 23.1 Å². The fourth-order valence-electron chi connectivity index (χ4n) is 1.08. The molecule has 0 radical (unpaired) electrons. The van der Waals surface area contributed by atoms with Crippen molar-refractivity contribution < 1.29 is 18.3 Å². The van der Waals surface area contributed by atoms with Gasteiger partial charge in [-0.2, -0.15) is 13.2 Å². The van der Waals surface area contributed by atoms with Crippen molar-refractivity contribution in [3.05, 3.63) is 17.5 Å². The quantitative estimate of drug-likeness (QED) is 0.851. The van der Waals surface area contributed by atoms with Gasteiger partial charge in [-0.25, -0.2) is 4.98 Å². The van der Waals surface area contributed by atoms with Crippen LogP contribution in [0.25, 0.3) is 10.7 Å². The zero-order valence-electron chi connectivity index (χ0n) is 8.81. The second-order valence-corrected chi connectivity index (χ2v) is 5.25. The van der Waals surface area contributed by atoms with Gasteiger partial charge in [0.15, 0.2) is 11.9 Å². The number of aromatic amines is 1. The summed E-state index contributed by atoms with van der Waals surface area (Å²) in [7, 11) is 0. The van der Waals surface area contributed by atoms with E-state index >= 15 is 0 Å². The third kappa shape index (κ3) is 3.24. The molecule has 0 aliphatic heterocycles. The summed E-state index contributed by atoms with van der Waals surface area (Å²) in [4.78, 5) is 4.89. The molecule has 0 aliphatic carbocycles. The van der Waals surface area contributed by atoms with Gasteiger partial charge in [-0.1, -0.05) is 17.8 Å². The molecule has 0 bridgehead atoms. The molecule has 98 valence electrons. The average Bonchev–Trinajstić information content (AvgIpc) is 2.94. The number of hydrogen-bond acceptors (Lipinski definition) is 5. The lowest BCUT2D eigenvalue weighted by atomic mass is 10.4. The maximum Gasteiger partial charge on any atom is 0.415 e. The minimum Gasteiger partial charge on any atom is -0.383 e. The summed E-state index contributed by atoms with van der Waals surface area (Å²) < 4.78 is 36.2. The monoisotopic (exact) mass is 295 g/mol. The summed E-state index contributed by atoms with van der Waals surface area (Å²) in [5.41, 5.74) is 0. The molecule has 0 spiro atoms. The number of aromatic nitrogens is 3. The smallest absolute Gasteiger partial charge is 0.383 e. The Bertz CT molecular complexity index is 497. The van der Waals surface area contributed by atoms with Gasteiger partial charge in [-0.05, 0) is 11.4 Å². The number of nitrogens with zero attached hydrogens (tertiary/aromatic N) is 2. The molecule has 1 atom stereocenters. The Kier molecular flexibility index (Phi) is 3.93. The fourth-order valence-corrected chi connectivity index (χ4v) is 2.51. The summed E-state index contributed by atoms with van der Waals surface area (Å²) in [6.07, 6.45) is -6.98. The number of thioether (sulfide) groups is 1. The van der Waals surface area contributed by atoms with E-state index in [0.717, 1.165) is 16.6 Å². The number of aliphatic hydroxyl groups is 1. The minimum absolute atomic E-state index is 0.182. The van der Waals surface area contributed by atoms with E-state index in [9.17, 15) is 13.2 Å². The Labute approximate surface area is 108 Å². The van der Waals surface area contributed by atoms with Crippen LogP contribution >= 0.6 is 23.1 Å². The molecule has 2 aromatic rings. The molecule has 2 heterocycles. The van der Waals surface area contributed by atoms with Crippen molar-refractivity contribution in [3.63, 3.8) is 0 Å². The van der Waals surface area contributed by atoms with E-state index < -0.39 is 18.0 Å². The third-order valence-corrected chi connectivity index (χ3v) is 3.77. The molecule has 2 rings (SSSR count). The van der Waals surface area contributed by atoms with Crippen LogP contribution in [0.2, 0.25) is 0 Å². The molecular weight excluding hydrogens is 287 g/mol. The second-order valence-electron chi connectivity index (χ2n) is 3.31. The molecular formula is C9H8F3N3OS2. The van der Waals surface area contributed by atoms with Gasteiger partial charge in [0.1, 0.15) is 0 Å². The highest BCUT2D eigenvalue weighted by atomic mass is 32.2. The number of alkyl halides is 3. The number of aliphatic hydroxyl groups excluding tert-OH is 1. The Morgan fingerprint density at radius 1 is 1.50 bits per heavy atom. The predicted molar refractivity (Wildman–Crippen MR) is 62.5 cm³/mol. The Morgan fingerprint density at radius 2 is 2.28 bits per heavy atom. The molecule has 0 fully saturated rings. The van der Waals surface area contributed by atoms with Gasteiger partial charge in [0.05, 0.1) is 4.88 Å². The van der Waals surface area contributed by atoms with Crippen molar-refractivity contribution in [3.8, 4) is 10.7 Å².